The lowest BCUT2D eigenvalue weighted by Crippen LogP contribution is -2.41. The van der Waals surface area contributed by atoms with Gasteiger partial charge >= 0.3 is 0 Å². The number of hydrogen-bond acceptors (Lipinski definition) is 6. The molecule has 8 heteroatoms. The second-order valence-electron chi connectivity index (χ2n) is 7.02. The average molecular weight is 397 g/mol. The van der Waals surface area contributed by atoms with E-state index in [1.165, 1.54) is 18.4 Å². The number of piperidine rings is 1. The van der Waals surface area contributed by atoms with Gasteiger partial charge in [0, 0.05) is 31.7 Å². The second kappa shape index (κ2) is 9.03. The van der Waals surface area contributed by atoms with Crippen molar-refractivity contribution < 1.29 is 27.4 Å². The Hall–Kier alpha value is -1.64. The van der Waals surface area contributed by atoms with Crippen LogP contribution in [0.3, 0.4) is 0 Å². The molecule has 3 rings (SSSR count). The van der Waals surface area contributed by atoms with Crippen LogP contribution in [0.1, 0.15) is 25.7 Å². The maximum Gasteiger partial charge on any atom is 0.222 e. The zero-order valence-corrected chi connectivity index (χ0v) is 16.4. The van der Waals surface area contributed by atoms with Gasteiger partial charge in [-0.1, -0.05) is 0 Å². The van der Waals surface area contributed by atoms with E-state index in [9.17, 15) is 13.2 Å². The van der Waals surface area contributed by atoms with Gasteiger partial charge in [0.2, 0.25) is 5.91 Å². The molecule has 1 aromatic carbocycles. The normalized spacial score (nSPS) is 19.4. The van der Waals surface area contributed by atoms with E-state index >= 15 is 0 Å². The van der Waals surface area contributed by atoms with Crippen LogP contribution < -0.4 is 4.74 Å². The van der Waals surface area contributed by atoms with Gasteiger partial charge in [0.05, 0.1) is 24.7 Å². The topological polar surface area (TPSA) is 82.1 Å². The monoisotopic (exact) mass is 397 g/mol. The minimum atomic E-state index is -3.20. The van der Waals surface area contributed by atoms with Crippen molar-refractivity contribution in [1.29, 1.82) is 0 Å². The van der Waals surface area contributed by atoms with E-state index in [2.05, 4.69) is 0 Å². The zero-order chi connectivity index (χ0) is 19.3. The summed E-state index contributed by atoms with van der Waals surface area (Å²) in [6, 6.07) is 6.32. The van der Waals surface area contributed by atoms with E-state index in [1.54, 1.807) is 12.1 Å². The lowest BCUT2D eigenvalue weighted by Gasteiger charge is -2.33. The number of carbonyl (C=O) groups is 1. The Morgan fingerprint density at radius 2 is 1.78 bits per heavy atom. The largest absolute Gasteiger partial charge is 0.494 e. The maximum atomic E-state index is 12.3. The molecule has 2 saturated heterocycles. The molecule has 1 amide bonds. The standard InChI is InChI=1S/C19H27NO6S/c1-27(22,23)17-6-4-16(5-7-17)24-12-2-3-18(21)20-10-8-15(9-11-20)19-25-13-14-26-19/h4-7,15,19H,2-3,8-14H2,1H3. The third-order valence-electron chi connectivity index (χ3n) is 4.98. The second-order valence-corrected chi connectivity index (χ2v) is 9.04. The molecular formula is C19H27NO6S. The zero-order valence-electron chi connectivity index (χ0n) is 15.6. The van der Waals surface area contributed by atoms with E-state index in [0.717, 1.165) is 25.9 Å². The third-order valence-corrected chi connectivity index (χ3v) is 6.11. The smallest absolute Gasteiger partial charge is 0.222 e. The van der Waals surface area contributed by atoms with Gasteiger partial charge in [-0.2, -0.15) is 0 Å². The highest BCUT2D eigenvalue weighted by molar-refractivity contribution is 7.90. The number of ether oxygens (including phenoxy) is 3. The van der Waals surface area contributed by atoms with Gasteiger partial charge in [-0.15, -0.1) is 0 Å². The Labute approximate surface area is 160 Å². The fraction of sp³-hybridized carbons (Fsp3) is 0.632. The fourth-order valence-electron chi connectivity index (χ4n) is 3.42. The molecule has 2 fully saturated rings. The van der Waals surface area contributed by atoms with Gasteiger partial charge in [-0.3, -0.25) is 4.79 Å². The molecule has 0 aromatic heterocycles. The Morgan fingerprint density at radius 3 is 2.37 bits per heavy atom. The third kappa shape index (κ3) is 5.67. The average Bonchev–Trinajstić information content (AvgIpc) is 3.20. The summed E-state index contributed by atoms with van der Waals surface area (Å²) in [5, 5.41) is 0. The number of sulfone groups is 1. The predicted molar refractivity (Wildman–Crippen MR) is 99.3 cm³/mol. The lowest BCUT2D eigenvalue weighted by molar-refractivity contribution is -0.137. The summed E-state index contributed by atoms with van der Waals surface area (Å²) in [6.07, 6.45) is 3.98. The highest BCUT2D eigenvalue weighted by atomic mass is 32.2. The minimum Gasteiger partial charge on any atom is -0.494 e. The molecule has 0 aliphatic carbocycles. The van der Waals surface area contributed by atoms with Crippen LogP contribution >= 0.6 is 0 Å². The number of amides is 1. The number of nitrogens with zero attached hydrogens (tertiary/aromatic N) is 1. The first kappa shape index (κ1) is 20.1. The molecule has 0 atom stereocenters. The van der Waals surface area contributed by atoms with Gasteiger partial charge in [-0.25, -0.2) is 8.42 Å². The van der Waals surface area contributed by atoms with E-state index in [1.807, 2.05) is 4.90 Å². The summed E-state index contributed by atoms with van der Waals surface area (Å²) < 4.78 is 39.6. The van der Waals surface area contributed by atoms with Gasteiger partial charge < -0.3 is 19.1 Å². The van der Waals surface area contributed by atoms with Crippen molar-refractivity contribution in [3.63, 3.8) is 0 Å². The molecular weight excluding hydrogens is 370 g/mol. The summed E-state index contributed by atoms with van der Waals surface area (Å²) in [5.74, 6) is 1.14. The van der Waals surface area contributed by atoms with Crippen molar-refractivity contribution in [1.82, 2.24) is 4.90 Å². The van der Waals surface area contributed by atoms with E-state index < -0.39 is 9.84 Å². The van der Waals surface area contributed by atoms with Gasteiger partial charge in [-0.05, 0) is 43.5 Å². The maximum absolute atomic E-state index is 12.3. The van der Waals surface area contributed by atoms with Gasteiger partial charge in [0.15, 0.2) is 16.1 Å². The van der Waals surface area contributed by atoms with Crippen LogP contribution in [-0.2, 0) is 24.1 Å². The number of benzene rings is 1. The van der Waals surface area contributed by atoms with Crippen molar-refractivity contribution in [2.45, 2.75) is 36.9 Å². The molecule has 2 aliphatic rings. The summed E-state index contributed by atoms with van der Waals surface area (Å²) in [5.41, 5.74) is 0. The Balaban J connectivity index is 1.34. The molecule has 0 bridgehead atoms. The van der Waals surface area contributed by atoms with E-state index in [-0.39, 0.29) is 17.1 Å². The van der Waals surface area contributed by atoms with Crippen molar-refractivity contribution in [3.8, 4) is 5.75 Å². The lowest BCUT2D eigenvalue weighted by atomic mass is 9.96. The molecule has 150 valence electrons. The van der Waals surface area contributed by atoms with Crippen molar-refractivity contribution >= 4 is 15.7 Å². The first-order valence-corrected chi connectivity index (χ1v) is 11.3. The summed E-state index contributed by atoms with van der Waals surface area (Å²) in [4.78, 5) is 14.5. The molecule has 27 heavy (non-hydrogen) atoms. The molecule has 0 saturated carbocycles. The van der Waals surface area contributed by atoms with Crippen LogP contribution in [-0.4, -0.2) is 64.7 Å². The molecule has 2 heterocycles. The molecule has 0 unspecified atom stereocenters. The SMILES string of the molecule is CS(=O)(=O)c1ccc(OCCCC(=O)N2CCC(C3OCCO3)CC2)cc1. The van der Waals surface area contributed by atoms with Crippen LogP contribution in [0.2, 0.25) is 0 Å². The number of carbonyl (C=O) groups excluding carboxylic acids is 1. The van der Waals surface area contributed by atoms with Crippen molar-refractivity contribution in [2.75, 3.05) is 39.2 Å². The number of hydrogen-bond donors (Lipinski definition) is 0. The van der Waals surface area contributed by atoms with Gasteiger partial charge in [0.1, 0.15) is 5.75 Å². The van der Waals surface area contributed by atoms with Crippen molar-refractivity contribution in [3.05, 3.63) is 24.3 Å². The highest BCUT2D eigenvalue weighted by Crippen LogP contribution is 2.26. The fourth-order valence-corrected chi connectivity index (χ4v) is 4.05. The van der Waals surface area contributed by atoms with Crippen LogP contribution in [0.4, 0.5) is 0 Å². The first-order chi connectivity index (χ1) is 12.9. The Kier molecular flexibility index (Phi) is 6.73. The van der Waals surface area contributed by atoms with Crippen LogP contribution in [0.15, 0.2) is 29.2 Å². The Bertz CT molecular complexity index is 719. The highest BCUT2D eigenvalue weighted by Gasteiger charge is 2.31. The van der Waals surface area contributed by atoms with E-state index in [4.69, 9.17) is 14.2 Å². The van der Waals surface area contributed by atoms with E-state index in [0.29, 0.717) is 44.3 Å². The molecule has 0 N–H and O–H groups in total. The van der Waals surface area contributed by atoms with Crippen LogP contribution in [0, 0.1) is 5.92 Å². The molecule has 0 radical (unpaired) electrons. The van der Waals surface area contributed by atoms with Crippen LogP contribution in [0.5, 0.6) is 5.75 Å². The summed E-state index contributed by atoms with van der Waals surface area (Å²) >= 11 is 0. The number of likely N-dealkylation sites (tertiary alicyclic amines) is 1. The molecule has 0 spiro atoms. The predicted octanol–water partition coefficient (Wildman–Crippen LogP) is 1.86. The minimum absolute atomic E-state index is 0.0928. The van der Waals surface area contributed by atoms with Crippen molar-refractivity contribution in [2.24, 2.45) is 5.92 Å². The van der Waals surface area contributed by atoms with Gasteiger partial charge in [0.25, 0.3) is 0 Å². The molecule has 7 nitrogen and oxygen atoms in total. The molecule has 2 aliphatic heterocycles. The number of rotatable bonds is 7. The summed E-state index contributed by atoms with van der Waals surface area (Å²) in [7, 11) is -3.20. The molecule has 1 aromatic rings. The Morgan fingerprint density at radius 1 is 1.15 bits per heavy atom. The quantitative estimate of drug-likeness (QED) is 0.653. The van der Waals surface area contributed by atoms with Crippen LogP contribution in [0.25, 0.3) is 0 Å². The summed E-state index contributed by atoms with van der Waals surface area (Å²) in [6.45, 7) is 3.26. The first-order valence-electron chi connectivity index (χ1n) is 9.37.